The molecule has 0 spiro atoms. The summed E-state index contributed by atoms with van der Waals surface area (Å²) in [4.78, 5) is 13.3. The highest BCUT2D eigenvalue weighted by Gasteiger charge is 2.32. The first-order valence-corrected chi connectivity index (χ1v) is 5.99. The maximum Gasteiger partial charge on any atom is 0.416 e. The molecule has 20 heavy (non-hydrogen) atoms. The van der Waals surface area contributed by atoms with E-state index in [9.17, 15) is 23.1 Å². The van der Waals surface area contributed by atoms with E-state index < -0.39 is 23.8 Å². The van der Waals surface area contributed by atoms with Gasteiger partial charge in [-0.05, 0) is 25.1 Å². The van der Waals surface area contributed by atoms with Gasteiger partial charge in [0.15, 0.2) is 0 Å². The molecule has 0 radical (unpaired) electrons. The lowest BCUT2D eigenvalue weighted by molar-refractivity contribution is -0.137. The fraction of sp³-hybridized carbons (Fsp3) is 0.462. The Kier molecular flexibility index (Phi) is 4.99. The summed E-state index contributed by atoms with van der Waals surface area (Å²) in [6.07, 6.45) is -5.27. The van der Waals surface area contributed by atoms with Crippen molar-refractivity contribution >= 4 is 11.6 Å². The van der Waals surface area contributed by atoms with E-state index in [1.807, 2.05) is 0 Å². The lowest BCUT2D eigenvalue weighted by Crippen LogP contribution is -2.33. The van der Waals surface area contributed by atoms with Gasteiger partial charge in [-0.2, -0.15) is 13.2 Å². The quantitative estimate of drug-likeness (QED) is 0.894. The Bertz CT molecular complexity index is 487. The van der Waals surface area contributed by atoms with Crippen LogP contribution in [0.2, 0.25) is 0 Å². The van der Waals surface area contributed by atoms with Crippen molar-refractivity contribution in [1.82, 2.24) is 4.90 Å². The third-order valence-electron chi connectivity index (χ3n) is 2.73. The van der Waals surface area contributed by atoms with E-state index in [0.29, 0.717) is 5.69 Å². The van der Waals surface area contributed by atoms with Crippen LogP contribution in [0.15, 0.2) is 18.2 Å². The van der Waals surface area contributed by atoms with Crippen molar-refractivity contribution in [1.29, 1.82) is 0 Å². The number of nitrogens with zero attached hydrogens (tertiary/aromatic N) is 1. The average molecular weight is 290 g/mol. The van der Waals surface area contributed by atoms with Gasteiger partial charge >= 0.3 is 6.18 Å². The van der Waals surface area contributed by atoms with Crippen LogP contribution in [-0.2, 0) is 6.18 Å². The van der Waals surface area contributed by atoms with Crippen LogP contribution in [0.4, 0.5) is 18.9 Å². The standard InChI is InChI=1S/C13H17F3N2O2/c1-8(19)7-18(3)12(20)10-6-9(13(14,15)16)4-5-11(10)17-2/h4-6,8,17,19H,7H2,1-3H3. The van der Waals surface area contributed by atoms with E-state index in [-0.39, 0.29) is 12.1 Å². The molecule has 0 aliphatic heterocycles. The van der Waals surface area contributed by atoms with Gasteiger partial charge in [0, 0.05) is 26.3 Å². The van der Waals surface area contributed by atoms with Crippen molar-refractivity contribution in [2.45, 2.75) is 19.2 Å². The van der Waals surface area contributed by atoms with Crippen LogP contribution in [0.25, 0.3) is 0 Å². The number of hydrogen-bond acceptors (Lipinski definition) is 3. The van der Waals surface area contributed by atoms with Crippen LogP contribution in [0.3, 0.4) is 0 Å². The van der Waals surface area contributed by atoms with E-state index in [1.54, 1.807) is 0 Å². The number of aliphatic hydroxyl groups excluding tert-OH is 1. The molecule has 1 rings (SSSR count). The van der Waals surface area contributed by atoms with Crippen LogP contribution < -0.4 is 5.32 Å². The van der Waals surface area contributed by atoms with Crippen molar-refractivity contribution in [3.63, 3.8) is 0 Å². The highest BCUT2D eigenvalue weighted by atomic mass is 19.4. The Morgan fingerprint density at radius 2 is 2.05 bits per heavy atom. The van der Waals surface area contributed by atoms with E-state index in [4.69, 9.17) is 0 Å². The Balaban J connectivity index is 3.17. The average Bonchev–Trinajstić information content (AvgIpc) is 2.35. The van der Waals surface area contributed by atoms with Crippen LogP contribution >= 0.6 is 0 Å². The first-order valence-electron chi connectivity index (χ1n) is 5.99. The minimum Gasteiger partial charge on any atom is -0.392 e. The number of hydrogen-bond donors (Lipinski definition) is 2. The lowest BCUT2D eigenvalue weighted by Gasteiger charge is -2.21. The topological polar surface area (TPSA) is 52.6 Å². The van der Waals surface area contributed by atoms with Crippen LogP contribution in [-0.4, -0.2) is 42.7 Å². The summed E-state index contributed by atoms with van der Waals surface area (Å²) < 4.78 is 38.1. The fourth-order valence-corrected chi connectivity index (χ4v) is 1.80. The number of alkyl halides is 3. The Labute approximate surface area is 115 Å². The summed E-state index contributed by atoms with van der Waals surface area (Å²) >= 11 is 0. The molecule has 0 aromatic heterocycles. The molecule has 0 aliphatic rings. The first kappa shape index (κ1) is 16.3. The van der Waals surface area contributed by atoms with Gasteiger partial charge in [-0.1, -0.05) is 0 Å². The molecule has 7 heteroatoms. The molecule has 0 fully saturated rings. The van der Waals surface area contributed by atoms with E-state index in [2.05, 4.69) is 5.32 Å². The third-order valence-corrected chi connectivity index (χ3v) is 2.73. The molecule has 0 saturated heterocycles. The SMILES string of the molecule is CNc1ccc(C(F)(F)F)cc1C(=O)N(C)CC(C)O. The molecule has 0 heterocycles. The van der Waals surface area contributed by atoms with Gasteiger partial charge in [0.2, 0.25) is 0 Å². The molecule has 0 aliphatic carbocycles. The molecule has 1 aromatic rings. The van der Waals surface area contributed by atoms with Crippen LogP contribution in [0, 0.1) is 0 Å². The summed E-state index contributed by atoms with van der Waals surface area (Å²) in [5, 5.41) is 11.9. The minimum absolute atomic E-state index is 0.0399. The summed E-state index contributed by atoms with van der Waals surface area (Å²) in [6, 6.07) is 2.94. The monoisotopic (exact) mass is 290 g/mol. The van der Waals surface area contributed by atoms with E-state index in [1.165, 1.54) is 32.0 Å². The van der Waals surface area contributed by atoms with E-state index >= 15 is 0 Å². The predicted octanol–water partition coefficient (Wildman–Crippen LogP) is 2.20. The van der Waals surface area contributed by atoms with Crippen molar-refractivity contribution in [3.8, 4) is 0 Å². The second-order valence-electron chi connectivity index (χ2n) is 4.54. The first-order chi connectivity index (χ1) is 9.16. The zero-order valence-corrected chi connectivity index (χ0v) is 11.5. The number of amides is 1. The lowest BCUT2D eigenvalue weighted by atomic mass is 10.1. The maximum absolute atomic E-state index is 12.7. The summed E-state index contributed by atoms with van der Waals surface area (Å²) in [7, 11) is 2.95. The van der Waals surface area contributed by atoms with Crippen molar-refractivity contribution in [2.75, 3.05) is 26.0 Å². The molecule has 1 atom stereocenters. The second-order valence-corrected chi connectivity index (χ2v) is 4.54. The molecule has 0 saturated carbocycles. The number of aliphatic hydroxyl groups is 1. The zero-order valence-electron chi connectivity index (χ0n) is 11.5. The van der Waals surface area contributed by atoms with Crippen LogP contribution in [0.1, 0.15) is 22.8 Å². The van der Waals surface area contributed by atoms with Gasteiger partial charge in [0.25, 0.3) is 5.91 Å². The van der Waals surface area contributed by atoms with Gasteiger partial charge < -0.3 is 15.3 Å². The number of benzene rings is 1. The van der Waals surface area contributed by atoms with Crippen molar-refractivity contribution < 1.29 is 23.1 Å². The Morgan fingerprint density at radius 1 is 1.45 bits per heavy atom. The number of anilines is 1. The van der Waals surface area contributed by atoms with Gasteiger partial charge in [-0.25, -0.2) is 0 Å². The summed E-state index contributed by atoms with van der Waals surface area (Å²) in [5.41, 5.74) is -0.656. The Hall–Kier alpha value is -1.76. The van der Waals surface area contributed by atoms with Gasteiger partial charge in [-0.3, -0.25) is 4.79 Å². The van der Waals surface area contributed by atoms with Crippen LogP contribution in [0.5, 0.6) is 0 Å². The molecule has 112 valence electrons. The summed E-state index contributed by atoms with van der Waals surface area (Å²) in [6.45, 7) is 1.53. The molecule has 1 aromatic carbocycles. The highest BCUT2D eigenvalue weighted by Crippen LogP contribution is 2.32. The largest absolute Gasteiger partial charge is 0.416 e. The smallest absolute Gasteiger partial charge is 0.392 e. The van der Waals surface area contributed by atoms with Crippen molar-refractivity contribution in [3.05, 3.63) is 29.3 Å². The summed E-state index contributed by atoms with van der Waals surface area (Å²) in [5.74, 6) is -0.582. The number of nitrogens with one attached hydrogen (secondary N) is 1. The van der Waals surface area contributed by atoms with Gasteiger partial charge in [0.05, 0.1) is 17.2 Å². The minimum atomic E-state index is -4.51. The van der Waals surface area contributed by atoms with E-state index in [0.717, 1.165) is 12.1 Å². The Morgan fingerprint density at radius 3 is 2.50 bits per heavy atom. The number of halogens is 3. The fourth-order valence-electron chi connectivity index (χ4n) is 1.80. The van der Waals surface area contributed by atoms with Gasteiger partial charge in [-0.15, -0.1) is 0 Å². The molecule has 4 nitrogen and oxygen atoms in total. The number of rotatable bonds is 4. The highest BCUT2D eigenvalue weighted by molar-refractivity contribution is 5.99. The molecule has 0 bridgehead atoms. The number of carbonyl (C=O) groups excluding carboxylic acids is 1. The molecule has 1 amide bonds. The molecule has 1 unspecified atom stereocenters. The van der Waals surface area contributed by atoms with Gasteiger partial charge in [0.1, 0.15) is 0 Å². The second kappa shape index (κ2) is 6.13. The predicted molar refractivity (Wildman–Crippen MR) is 69.6 cm³/mol. The normalized spacial score (nSPS) is 12.9. The van der Waals surface area contributed by atoms with Crippen molar-refractivity contribution in [2.24, 2.45) is 0 Å². The molecular weight excluding hydrogens is 273 g/mol. The zero-order chi connectivity index (χ0) is 15.5. The third kappa shape index (κ3) is 3.86. The number of likely N-dealkylation sites (N-methyl/N-ethyl adjacent to an activating group) is 1. The number of carbonyl (C=O) groups is 1. The maximum atomic E-state index is 12.7. The molecule has 2 N–H and O–H groups in total. The molecular formula is C13H17F3N2O2.